The Balaban J connectivity index is 0.000000274. The Hall–Kier alpha value is -10.8. The van der Waals surface area contributed by atoms with Gasteiger partial charge >= 0.3 is 25.8 Å². The number of nitrogens with one attached hydrogen (secondary N) is 1. The molecule has 1 unspecified atom stereocenters. The molecule has 121 heavy (non-hydrogen) atoms. The van der Waals surface area contributed by atoms with Crippen molar-refractivity contribution in [2.24, 2.45) is 4.99 Å². The second-order valence-corrected chi connectivity index (χ2v) is 33.6. The molecule has 15 rings (SSSR count). The van der Waals surface area contributed by atoms with E-state index in [1.165, 1.54) is 60.3 Å². The minimum absolute atomic E-state index is 0. The first kappa shape index (κ1) is 101. The number of amidine groups is 1. The molecule has 0 spiro atoms. The van der Waals surface area contributed by atoms with Gasteiger partial charge in [0, 0.05) is 39.5 Å². The molecule has 15 aromatic carbocycles. The van der Waals surface area contributed by atoms with Crippen LogP contribution in [0.1, 0.15) is 151 Å². The fourth-order valence-electron chi connectivity index (χ4n) is 11.9. The van der Waals surface area contributed by atoms with Crippen LogP contribution in [-0.4, -0.2) is 11.5 Å². The summed E-state index contributed by atoms with van der Waals surface area (Å²) in [6.07, 6.45) is 0. The average molecular weight is 1950 g/mol. The third kappa shape index (κ3) is 39.1. The van der Waals surface area contributed by atoms with Gasteiger partial charge in [-0.25, -0.2) is 0 Å². The summed E-state index contributed by atoms with van der Waals surface area (Å²) in [5, 5.41) is 19.9. The Labute approximate surface area is 769 Å². The average Bonchev–Trinajstić information content (AvgIpc) is 0.799. The van der Waals surface area contributed by atoms with Crippen LogP contribution in [-0.2, 0) is 64.8 Å². The minimum Gasteiger partial charge on any atom is -0.695 e. The van der Waals surface area contributed by atoms with Gasteiger partial charge in [0.25, 0.3) is 0 Å². The summed E-state index contributed by atoms with van der Waals surface area (Å²) in [4.78, 5) is 5.28. The molecule has 1 atom stereocenters. The van der Waals surface area contributed by atoms with Crippen molar-refractivity contribution in [1.82, 2.24) is 0 Å². The number of nitrogens with zero attached hydrogens (tertiary/aromatic N) is 3. The summed E-state index contributed by atoms with van der Waals surface area (Å²) in [7, 11) is -1.69. The van der Waals surface area contributed by atoms with Crippen molar-refractivity contribution in [3.8, 4) is 0 Å². The minimum atomic E-state index is -0.859. The first-order valence-corrected chi connectivity index (χ1v) is 43.5. The van der Waals surface area contributed by atoms with E-state index >= 15 is 0 Å². The monoisotopic (exact) mass is 1950 g/mol. The smallest absolute Gasteiger partial charge is 0.695 e. The zero-order chi connectivity index (χ0) is 85.0. The van der Waals surface area contributed by atoms with Crippen LogP contribution >= 0.6 is 15.8 Å². The molecule has 0 fully saturated rings. The number of rotatable bonds is 18. The van der Waals surface area contributed by atoms with Gasteiger partial charge in [-0.1, -0.05) is 341 Å². The van der Waals surface area contributed by atoms with Crippen LogP contribution in [0.2, 0.25) is 0 Å². The Morgan fingerprint density at radius 3 is 0.744 bits per heavy atom. The number of hydrogen-bond acceptors (Lipinski definition) is 1. The Kier molecular flexibility index (Phi) is 49.2. The zero-order valence-electron chi connectivity index (χ0n) is 72.0. The maximum Gasteiger partial charge on any atom is 4.00 e. The van der Waals surface area contributed by atoms with Gasteiger partial charge in [0.15, 0.2) is 0 Å². The first-order chi connectivity index (χ1) is 57.8. The van der Waals surface area contributed by atoms with E-state index in [2.05, 4.69) is 328 Å². The fourth-order valence-corrected chi connectivity index (χ4v) is 16.4. The largest absolute Gasteiger partial charge is 4.00 e. The van der Waals surface area contributed by atoms with Gasteiger partial charge in [0.2, 0.25) is 0 Å². The van der Waals surface area contributed by atoms with Crippen LogP contribution in [0.25, 0.3) is 10.6 Å². The predicted octanol–water partition coefficient (Wildman–Crippen LogP) is 30.0. The van der Waals surface area contributed by atoms with Gasteiger partial charge in [-0.05, 0) is 61.6 Å². The van der Waals surface area contributed by atoms with E-state index in [9.17, 15) is 0 Å². The van der Waals surface area contributed by atoms with Crippen LogP contribution in [0, 0.1) is 48.5 Å². The van der Waals surface area contributed by atoms with Crippen molar-refractivity contribution < 1.29 is 51.7 Å². The van der Waals surface area contributed by atoms with Gasteiger partial charge in [-0.15, -0.1) is 97.2 Å². The van der Waals surface area contributed by atoms with E-state index in [0.29, 0.717) is 36.8 Å². The molecule has 0 aliphatic carbocycles. The summed E-state index contributed by atoms with van der Waals surface area (Å²) >= 11 is 0. The van der Waals surface area contributed by atoms with Gasteiger partial charge in [-0.2, -0.15) is 178 Å². The Morgan fingerprint density at radius 1 is 0.281 bits per heavy atom. The molecule has 15 aromatic rings. The second-order valence-electron chi connectivity index (χ2n) is 29.2. The Bertz CT molecular complexity index is 4600. The molecule has 4 nitrogen and oxygen atoms in total. The summed E-state index contributed by atoms with van der Waals surface area (Å²) in [5.41, 5.74) is 18.6. The molecule has 0 aromatic heterocycles. The molecule has 614 valence electrons. The second kappa shape index (κ2) is 59.0. The maximum absolute atomic E-state index is 5.53. The summed E-state index contributed by atoms with van der Waals surface area (Å²) in [6, 6.07) is 147. The molecule has 0 bridgehead atoms. The standard InChI is InChI=1S/2C32H35N2P.7C7H7.2Hf/c2*1-24(2)29-21-14-22-30(25(3)4)31(29)34-32(33-23-26-15-8-5-9-16-26)35(27-17-10-6-11-18-27)28-19-12-7-13-20-28;7*1-7-5-3-2-4-6-7;;/h5-22,24-25H,23H2,1-4H3,(H,33,34);5-22,24-25,32H,23H2,1-4H3;7*2-6H,1H2;;/q;-2;7*-1;;+4. The van der Waals surface area contributed by atoms with Crippen LogP contribution in [0.4, 0.5) is 11.4 Å². The quantitative estimate of drug-likeness (QED) is 0.0301. The SMILES string of the molecule is CC(C)c1cccc(C(C)C)c1NC(=NCc1ccccc1)P(c1ccccc1)c1ccccc1.CC(C)c1cccc(C(C)C)c1[N-]C([N-]Cc1ccccc1)P(c1ccccc1)c1ccccc1.[CH2-]c1ccccc1.[CH2-]c1ccccc1.[CH2-]c1ccccc1.[CH2-]c1ccccc1.[CH2-]c1ccccc1.[CH2-]c1ccccc1.[CH2-]c1ccccc1.[Hf+4].[Hf]. The van der Waals surface area contributed by atoms with Crippen LogP contribution in [0.3, 0.4) is 0 Å². The molecule has 0 amide bonds. The molecular formula is C113H119Hf2N4P2-5. The van der Waals surface area contributed by atoms with Crippen LogP contribution in [0.15, 0.2) is 436 Å². The van der Waals surface area contributed by atoms with E-state index in [1.807, 2.05) is 212 Å². The molecule has 0 radical (unpaired) electrons. The van der Waals surface area contributed by atoms with Crippen molar-refractivity contribution in [1.29, 1.82) is 0 Å². The molecule has 1 N–H and O–H groups in total. The van der Waals surface area contributed by atoms with Gasteiger partial charge in [0.05, 0.1) is 6.54 Å². The third-order valence-electron chi connectivity index (χ3n) is 18.2. The van der Waals surface area contributed by atoms with Gasteiger partial charge < -0.3 is 16.0 Å². The summed E-state index contributed by atoms with van der Waals surface area (Å²) in [5.74, 6) is 1.41. The fraction of sp³-hybridized carbons (Fsp3) is 0.133. The maximum atomic E-state index is 5.53. The Morgan fingerprint density at radius 2 is 0.504 bits per heavy atom. The predicted molar refractivity (Wildman–Crippen MR) is 525 cm³/mol. The van der Waals surface area contributed by atoms with Crippen LogP contribution < -0.4 is 26.5 Å². The van der Waals surface area contributed by atoms with Gasteiger partial charge in [0.1, 0.15) is 5.58 Å². The van der Waals surface area contributed by atoms with Crippen molar-refractivity contribution in [2.75, 3.05) is 5.32 Å². The van der Waals surface area contributed by atoms with E-state index in [1.54, 1.807) is 0 Å². The molecule has 0 aliphatic rings. The van der Waals surface area contributed by atoms with E-state index < -0.39 is 15.8 Å². The summed E-state index contributed by atoms with van der Waals surface area (Å²) < 4.78 is 0. The first-order valence-electron chi connectivity index (χ1n) is 40.8. The topological polar surface area (TPSA) is 52.6 Å². The van der Waals surface area contributed by atoms with E-state index in [0.717, 1.165) is 50.2 Å². The number of benzene rings is 15. The van der Waals surface area contributed by atoms with E-state index in [4.69, 9.17) is 15.6 Å². The number of aliphatic imine (C=N–C) groups is 1. The summed E-state index contributed by atoms with van der Waals surface area (Å²) in [6.45, 7) is 45.4. The van der Waals surface area contributed by atoms with Crippen LogP contribution in [0.5, 0.6) is 0 Å². The van der Waals surface area contributed by atoms with Crippen molar-refractivity contribution in [3.63, 3.8) is 0 Å². The molecule has 8 heteroatoms. The number of hydrogen-bond donors (Lipinski definition) is 1. The molecule has 0 heterocycles. The normalized spacial score (nSPS) is 10.5. The van der Waals surface area contributed by atoms with Crippen molar-refractivity contribution >= 4 is 54.0 Å². The molecule has 0 saturated heterocycles. The number of para-hydroxylation sites is 2. The van der Waals surface area contributed by atoms with E-state index in [-0.39, 0.29) is 57.6 Å². The zero-order valence-corrected chi connectivity index (χ0v) is 81.0. The molecule has 0 aliphatic heterocycles. The number of anilines is 1. The molecule has 0 saturated carbocycles. The van der Waals surface area contributed by atoms with Crippen molar-refractivity contribution in [3.05, 3.63) is 562 Å². The van der Waals surface area contributed by atoms with Crippen molar-refractivity contribution in [2.45, 2.75) is 98.1 Å². The van der Waals surface area contributed by atoms with Gasteiger partial charge in [-0.3, -0.25) is 4.99 Å². The molecular weight excluding hydrogens is 1830 g/mol. The third-order valence-corrected chi connectivity index (χ3v) is 22.9.